The zero-order valence-electron chi connectivity index (χ0n) is 10.2. The number of amides is 1. The summed E-state index contributed by atoms with van der Waals surface area (Å²) >= 11 is 3.41. The molecule has 4 nitrogen and oxygen atoms in total. The van der Waals surface area contributed by atoms with E-state index in [0.717, 1.165) is 23.1 Å². The second kappa shape index (κ2) is 5.52. The van der Waals surface area contributed by atoms with E-state index in [1.165, 1.54) is 0 Å². The molecule has 0 radical (unpaired) electrons. The molecule has 0 atom stereocenters. The van der Waals surface area contributed by atoms with Crippen molar-refractivity contribution in [3.05, 3.63) is 28.2 Å². The minimum atomic E-state index is 0.00183. The lowest BCUT2D eigenvalue weighted by atomic mass is 10.1. The van der Waals surface area contributed by atoms with Crippen LogP contribution in [0.4, 0.5) is 5.69 Å². The number of hydrogen-bond acceptors (Lipinski definition) is 3. The topological polar surface area (TPSA) is 49.4 Å². The number of hydrogen-bond donors (Lipinski definition) is 1. The number of rotatable bonds is 2. The van der Waals surface area contributed by atoms with Gasteiger partial charge in [0.05, 0.1) is 6.54 Å². The maximum atomic E-state index is 11.6. The van der Waals surface area contributed by atoms with Crippen molar-refractivity contribution < 1.29 is 9.59 Å². The van der Waals surface area contributed by atoms with Gasteiger partial charge in [0.2, 0.25) is 5.91 Å². The zero-order valence-corrected chi connectivity index (χ0v) is 11.8. The van der Waals surface area contributed by atoms with Crippen LogP contribution in [0.15, 0.2) is 22.7 Å². The summed E-state index contributed by atoms with van der Waals surface area (Å²) in [5, 5.41) is 2.83. The highest BCUT2D eigenvalue weighted by Gasteiger charge is 2.19. The first kappa shape index (κ1) is 13.1. The molecular formula is C13H15BrN2O2. The standard InChI is InChI=1S/C13H15BrN2O2/c1-9(17)11-4-3-10(14)7-12(11)16-6-2-5-15-13(18)8-16/h3-4,7H,2,5-6,8H2,1H3,(H,15,18). The van der Waals surface area contributed by atoms with Crippen LogP contribution in [0.2, 0.25) is 0 Å². The van der Waals surface area contributed by atoms with E-state index in [1.807, 2.05) is 17.0 Å². The predicted octanol–water partition coefficient (Wildman–Crippen LogP) is 1.98. The number of halogens is 1. The average molecular weight is 311 g/mol. The number of carbonyl (C=O) groups is 2. The van der Waals surface area contributed by atoms with Gasteiger partial charge in [0.15, 0.2) is 5.78 Å². The summed E-state index contributed by atoms with van der Waals surface area (Å²) < 4.78 is 0.909. The van der Waals surface area contributed by atoms with Crippen molar-refractivity contribution in [1.29, 1.82) is 0 Å². The molecule has 1 aliphatic heterocycles. The Balaban J connectivity index is 2.38. The fourth-order valence-electron chi connectivity index (χ4n) is 2.08. The molecule has 1 aliphatic rings. The first-order valence-corrected chi connectivity index (χ1v) is 6.69. The second-order valence-corrected chi connectivity index (χ2v) is 5.26. The molecule has 0 saturated carbocycles. The third kappa shape index (κ3) is 2.90. The van der Waals surface area contributed by atoms with Crippen molar-refractivity contribution in [3.63, 3.8) is 0 Å². The van der Waals surface area contributed by atoms with Crippen LogP contribution in [0.1, 0.15) is 23.7 Å². The van der Waals surface area contributed by atoms with Crippen molar-refractivity contribution in [2.24, 2.45) is 0 Å². The Morgan fingerprint density at radius 2 is 2.22 bits per heavy atom. The molecule has 0 bridgehead atoms. The smallest absolute Gasteiger partial charge is 0.239 e. The first-order chi connectivity index (χ1) is 8.58. The largest absolute Gasteiger partial charge is 0.362 e. The summed E-state index contributed by atoms with van der Waals surface area (Å²) in [6, 6.07) is 5.54. The van der Waals surface area contributed by atoms with E-state index >= 15 is 0 Å². The molecule has 1 heterocycles. The minimum Gasteiger partial charge on any atom is -0.362 e. The van der Waals surface area contributed by atoms with Crippen LogP contribution in [-0.2, 0) is 4.79 Å². The van der Waals surface area contributed by atoms with Gasteiger partial charge in [-0.3, -0.25) is 9.59 Å². The number of nitrogens with one attached hydrogen (secondary N) is 1. The quantitative estimate of drug-likeness (QED) is 0.850. The van der Waals surface area contributed by atoms with Gasteiger partial charge < -0.3 is 10.2 Å². The summed E-state index contributed by atoms with van der Waals surface area (Å²) in [6.45, 7) is 3.32. The Morgan fingerprint density at radius 3 is 2.94 bits per heavy atom. The van der Waals surface area contributed by atoms with Crippen molar-refractivity contribution in [2.75, 3.05) is 24.5 Å². The lowest BCUT2D eigenvalue weighted by Crippen LogP contribution is -2.33. The van der Waals surface area contributed by atoms with Gasteiger partial charge in [-0.2, -0.15) is 0 Å². The highest BCUT2D eigenvalue weighted by molar-refractivity contribution is 9.10. The van der Waals surface area contributed by atoms with Crippen LogP contribution in [-0.4, -0.2) is 31.3 Å². The Kier molecular flexibility index (Phi) is 4.01. The Bertz CT molecular complexity index is 488. The predicted molar refractivity (Wildman–Crippen MR) is 74.0 cm³/mol. The summed E-state index contributed by atoms with van der Waals surface area (Å²) in [5.41, 5.74) is 1.49. The minimum absolute atomic E-state index is 0.00183. The number of carbonyl (C=O) groups excluding carboxylic acids is 2. The van der Waals surface area contributed by atoms with Gasteiger partial charge in [0.1, 0.15) is 0 Å². The molecule has 1 fully saturated rings. The molecule has 96 valence electrons. The molecule has 1 saturated heterocycles. The SMILES string of the molecule is CC(=O)c1ccc(Br)cc1N1CCCNC(=O)C1. The summed E-state index contributed by atoms with van der Waals surface area (Å²) in [6.07, 6.45) is 0.885. The summed E-state index contributed by atoms with van der Waals surface area (Å²) in [7, 11) is 0. The Labute approximate surface area is 114 Å². The van der Waals surface area contributed by atoms with E-state index in [4.69, 9.17) is 0 Å². The van der Waals surface area contributed by atoms with E-state index in [2.05, 4.69) is 21.2 Å². The third-order valence-electron chi connectivity index (χ3n) is 2.94. The number of benzene rings is 1. The highest BCUT2D eigenvalue weighted by Crippen LogP contribution is 2.26. The molecule has 1 N–H and O–H groups in total. The van der Waals surface area contributed by atoms with Crippen LogP contribution in [0.3, 0.4) is 0 Å². The summed E-state index contributed by atoms with van der Waals surface area (Å²) in [4.78, 5) is 25.2. The molecule has 0 aromatic heterocycles. The van der Waals surface area contributed by atoms with Gasteiger partial charge in [0, 0.05) is 28.8 Å². The lowest BCUT2D eigenvalue weighted by molar-refractivity contribution is -0.119. The van der Waals surface area contributed by atoms with Crippen molar-refractivity contribution >= 4 is 33.3 Å². The van der Waals surface area contributed by atoms with Crippen LogP contribution in [0.5, 0.6) is 0 Å². The number of nitrogens with zero attached hydrogens (tertiary/aromatic N) is 1. The molecular weight excluding hydrogens is 296 g/mol. The fraction of sp³-hybridized carbons (Fsp3) is 0.385. The van der Waals surface area contributed by atoms with Crippen molar-refractivity contribution in [1.82, 2.24) is 5.32 Å². The average Bonchev–Trinajstić information content (AvgIpc) is 2.53. The molecule has 2 rings (SSSR count). The van der Waals surface area contributed by atoms with E-state index in [1.54, 1.807) is 13.0 Å². The van der Waals surface area contributed by atoms with Gasteiger partial charge in [-0.05, 0) is 31.5 Å². The molecule has 0 spiro atoms. The number of anilines is 1. The van der Waals surface area contributed by atoms with Gasteiger partial charge in [-0.15, -0.1) is 0 Å². The van der Waals surface area contributed by atoms with Gasteiger partial charge in [-0.25, -0.2) is 0 Å². The second-order valence-electron chi connectivity index (χ2n) is 4.34. The highest BCUT2D eigenvalue weighted by atomic mass is 79.9. The normalized spacial score (nSPS) is 16.1. The van der Waals surface area contributed by atoms with Crippen LogP contribution in [0, 0.1) is 0 Å². The van der Waals surface area contributed by atoms with E-state index in [-0.39, 0.29) is 11.7 Å². The molecule has 0 aliphatic carbocycles. The van der Waals surface area contributed by atoms with E-state index in [0.29, 0.717) is 18.7 Å². The lowest BCUT2D eigenvalue weighted by Gasteiger charge is -2.23. The van der Waals surface area contributed by atoms with Crippen molar-refractivity contribution in [3.8, 4) is 0 Å². The van der Waals surface area contributed by atoms with Crippen LogP contribution >= 0.6 is 15.9 Å². The van der Waals surface area contributed by atoms with Gasteiger partial charge >= 0.3 is 0 Å². The van der Waals surface area contributed by atoms with E-state index in [9.17, 15) is 9.59 Å². The summed E-state index contributed by atoms with van der Waals surface area (Å²) in [5.74, 6) is 0.0177. The Hall–Kier alpha value is -1.36. The third-order valence-corrected chi connectivity index (χ3v) is 3.43. The molecule has 1 aromatic carbocycles. The zero-order chi connectivity index (χ0) is 13.1. The number of ketones is 1. The van der Waals surface area contributed by atoms with Crippen LogP contribution in [0.25, 0.3) is 0 Å². The molecule has 1 aromatic rings. The van der Waals surface area contributed by atoms with Gasteiger partial charge in [0.25, 0.3) is 0 Å². The first-order valence-electron chi connectivity index (χ1n) is 5.90. The maximum Gasteiger partial charge on any atom is 0.239 e. The monoisotopic (exact) mass is 310 g/mol. The van der Waals surface area contributed by atoms with Gasteiger partial charge in [-0.1, -0.05) is 15.9 Å². The van der Waals surface area contributed by atoms with Crippen LogP contribution < -0.4 is 10.2 Å². The molecule has 18 heavy (non-hydrogen) atoms. The fourth-order valence-corrected chi connectivity index (χ4v) is 2.42. The van der Waals surface area contributed by atoms with E-state index < -0.39 is 0 Å². The maximum absolute atomic E-state index is 11.6. The van der Waals surface area contributed by atoms with Crippen molar-refractivity contribution in [2.45, 2.75) is 13.3 Å². The molecule has 5 heteroatoms. The number of Topliss-reactive ketones (excluding diaryl/α,β-unsaturated/α-hetero) is 1. The molecule has 0 unspecified atom stereocenters. The Morgan fingerprint density at radius 1 is 1.44 bits per heavy atom. The molecule has 1 amide bonds.